The van der Waals surface area contributed by atoms with Crippen molar-refractivity contribution in [2.75, 3.05) is 24.7 Å². The van der Waals surface area contributed by atoms with Crippen molar-refractivity contribution >= 4 is 29.4 Å². The Morgan fingerprint density at radius 2 is 1.73 bits per heavy atom. The summed E-state index contributed by atoms with van der Waals surface area (Å²) >= 11 is 0. The van der Waals surface area contributed by atoms with Crippen LogP contribution < -0.4 is 16.2 Å². The lowest BCUT2D eigenvalue weighted by molar-refractivity contribution is -0.141. The zero-order chi connectivity index (χ0) is 26.6. The Labute approximate surface area is 219 Å². The molecule has 1 fully saturated rings. The Kier molecular flexibility index (Phi) is 10.8. The zero-order valence-corrected chi connectivity index (χ0v) is 21.6. The standard InChI is InChI=1S/C30H38N2O5/c1-3-4-5-16-35-27-13-9-23(10-14-27)30(34)37-28-11-6-22(7-12-28)8-15-29(33)36-20-21(2)24-17-25(31)19-26(32)18-24/h3,6-8,11-12,15,17-19,21,23,27H,1,4-5,9-10,13-14,16,20,31-32H2,2H3/b15-8+. The molecule has 0 heterocycles. The maximum Gasteiger partial charge on any atom is 0.330 e. The molecule has 1 aliphatic carbocycles. The molecule has 1 aliphatic rings. The summed E-state index contributed by atoms with van der Waals surface area (Å²) in [6.07, 6.45) is 10.4. The average molecular weight is 507 g/mol. The number of allylic oxidation sites excluding steroid dienone is 1. The van der Waals surface area contributed by atoms with Crippen molar-refractivity contribution in [3.63, 3.8) is 0 Å². The smallest absolute Gasteiger partial charge is 0.330 e. The van der Waals surface area contributed by atoms with E-state index >= 15 is 0 Å². The Bertz CT molecular complexity index is 1050. The first-order valence-corrected chi connectivity index (χ1v) is 12.9. The van der Waals surface area contributed by atoms with Gasteiger partial charge in [0.2, 0.25) is 0 Å². The van der Waals surface area contributed by atoms with Gasteiger partial charge in [-0.3, -0.25) is 4.79 Å². The quantitative estimate of drug-likeness (QED) is 0.0953. The zero-order valence-electron chi connectivity index (χ0n) is 21.6. The summed E-state index contributed by atoms with van der Waals surface area (Å²) in [5, 5.41) is 0. The summed E-state index contributed by atoms with van der Waals surface area (Å²) in [7, 11) is 0. The Morgan fingerprint density at radius 1 is 1.05 bits per heavy atom. The molecule has 2 aromatic carbocycles. The molecule has 198 valence electrons. The van der Waals surface area contributed by atoms with E-state index in [1.165, 1.54) is 6.08 Å². The van der Waals surface area contributed by atoms with Gasteiger partial charge in [0.05, 0.1) is 18.6 Å². The Balaban J connectivity index is 1.39. The molecule has 0 amide bonds. The normalized spacial score (nSPS) is 18.3. The number of hydrogen-bond acceptors (Lipinski definition) is 7. The summed E-state index contributed by atoms with van der Waals surface area (Å²) in [6, 6.07) is 12.4. The third-order valence-corrected chi connectivity index (χ3v) is 6.47. The van der Waals surface area contributed by atoms with Crippen molar-refractivity contribution in [1.29, 1.82) is 0 Å². The number of carbonyl (C=O) groups excluding carboxylic acids is 2. The molecular formula is C30H38N2O5. The predicted molar refractivity (Wildman–Crippen MR) is 147 cm³/mol. The lowest BCUT2D eigenvalue weighted by Gasteiger charge is -2.27. The highest BCUT2D eigenvalue weighted by molar-refractivity contribution is 5.87. The maximum absolute atomic E-state index is 12.6. The van der Waals surface area contributed by atoms with Crippen LogP contribution in [0.15, 0.2) is 61.2 Å². The molecule has 2 aromatic rings. The molecule has 7 heteroatoms. The average Bonchev–Trinajstić information content (AvgIpc) is 2.89. The first-order valence-electron chi connectivity index (χ1n) is 12.9. The summed E-state index contributed by atoms with van der Waals surface area (Å²) in [6.45, 7) is 6.61. The van der Waals surface area contributed by atoms with E-state index in [0.29, 0.717) is 17.1 Å². The summed E-state index contributed by atoms with van der Waals surface area (Å²) in [4.78, 5) is 24.7. The number of nitrogen functional groups attached to an aromatic ring is 2. The van der Waals surface area contributed by atoms with Crippen LogP contribution in [0.4, 0.5) is 11.4 Å². The molecule has 0 spiro atoms. The number of nitrogens with two attached hydrogens (primary N) is 2. The van der Waals surface area contributed by atoms with Crippen molar-refractivity contribution in [3.05, 3.63) is 72.3 Å². The van der Waals surface area contributed by atoms with Gasteiger partial charge in [0, 0.05) is 30.0 Å². The van der Waals surface area contributed by atoms with Crippen LogP contribution in [0.25, 0.3) is 6.08 Å². The maximum atomic E-state index is 12.6. The number of rotatable bonds is 12. The van der Waals surface area contributed by atoms with Crippen LogP contribution in [-0.4, -0.2) is 31.3 Å². The molecule has 1 atom stereocenters. The van der Waals surface area contributed by atoms with E-state index in [-0.39, 0.29) is 30.5 Å². The predicted octanol–water partition coefficient (Wildman–Crippen LogP) is 5.66. The van der Waals surface area contributed by atoms with E-state index in [2.05, 4.69) is 6.58 Å². The first kappa shape index (κ1) is 28.0. The van der Waals surface area contributed by atoms with Crippen molar-refractivity contribution in [3.8, 4) is 5.75 Å². The lowest BCUT2D eigenvalue weighted by atomic mass is 9.87. The largest absolute Gasteiger partial charge is 0.462 e. The topological polar surface area (TPSA) is 114 Å². The monoisotopic (exact) mass is 506 g/mol. The van der Waals surface area contributed by atoms with Crippen LogP contribution in [0, 0.1) is 5.92 Å². The Morgan fingerprint density at radius 3 is 2.38 bits per heavy atom. The summed E-state index contributed by atoms with van der Waals surface area (Å²) < 4.78 is 16.8. The minimum atomic E-state index is -0.445. The lowest BCUT2D eigenvalue weighted by Crippen LogP contribution is -2.29. The van der Waals surface area contributed by atoms with Crippen LogP contribution in [0.5, 0.6) is 5.75 Å². The van der Waals surface area contributed by atoms with Gasteiger partial charge in [0.25, 0.3) is 0 Å². The molecule has 1 unspecified atom stereocenters. The molecule has 1 saturated carbocycles. The number of hydrogen-bond donors (Lipinski definition) is 2. The van der Waals surface area contributed by atoms with Crippen molar-refractivity contribution in [2.24, 2.45) is 5.92 Å². The molecular weight excluding hydrogens is 468 g/mol. The van der Waals surface area contributed by atoms with Gasteiger partial charge in [-0.05, 0) is 86.1 Å². The number of ether oxygens (including phenoxy) is 3. The van der Waals surface area contributed by atoms with Gasteiger partial charge in [-0.15, -0.1) is 6.58 Å². The van der Waals surface area contributed by atoms with Crippen LogP contribution >= 0.6 is 0 Å². The van der Waals surface area contributed by atoms with Crippen molar-refractivity contribution in [1.82, 2.24) is 0 Å². The highest BCUT2D eigenvalue weighted by Crippen LogP contribution is 2.28. The van der Waals surface area contributed by atoms with Gasteiger partial charge in [-0.25, -0.2) is 4.79 Å². The van der Waals surface area contributed by atoms with Crippen LogP contribution in [-0.2, 0) is 19.1 Å². The molecule has 0 radical (unpaired) electrons. The highest BCUT2D eigenvalue weighted by atomic mass is 16.5. The van der Waals surface area contributed by atoms with E-state index in [4.69, 9.17) is 25.7 Å². The SMILES string of the molecule is C=CCCCOC1CCC(C(=O)Oc2ccc(/C=C/C(=O)OCC(C)c3cc(N)cc(N)c3)cc2)CC1. The number of esters is 2. The third kappa shape index (κ3) is 9.42. The fourth-order valence-electron chi connectivity index (χ4n) is 4.29. The van der Waals surface area contributed by atoms with E-state index in [1.54, 1.807) is 36.4 Å². The number of benzene rings is 2. The number of anilines is 2. The Hall–Kier alpha value is -3.58. The minimum absolute atomic E-state index is 0.0398. The van der Waals surface area contributed by atoms with E-state index < -0.39 is 5.97 Å². The van der Waals surface area contributed by atoms with Gasteiger partial charge < -0.3 is 25.7 Å². The van der Waals surface area contributed by atoms with E-state index in [9.17, 15) is 9.59 Å². The van der Waals surface area contributed by atoms with Crippen molar-refractivity contribution < 1.29 is 23.8 Å². The minimum Gasteiger partial charge on any atom is -0.462 e. The molecule has 0 aromatic heterocycles. The third-order valence-electron chi connectivity index (χ3n) is 6.47. The van der Waals surface area contributed by atoms with Gasteiger partial charge >= 0.3 is 11.9 Å². The fourth-order valence-corrected chi connectivity index (χ4v) is 4.29. The van der Waals surface area contributed by atoms with Crippen LogP contribution in [0.1, 0.15) is 62.5 Å². The molecule has 0 aliphatic heterocycles. The van der Waals surface area contributed by atoms with Crippen molar-refractivity contribution in [2.45, 2.75) is 57.5 Å². The molecule has 0 saturated heterocycles. The first-order chi connectivity index (χ1) is 17.8. The number of unbranched alkanes of at least 4 members (excludes halogenated alkanes) is 1. The second-order valence-electron chi connectivity index (χ2n) is 9.56. The van der Waals surface area contributed by atoms with Gasteiger partial charge in [-0.1, -0.05) is 25.1 Å². The highest BCUT2D eigenvalue weighted by Gasteiger charge is 2.28. The van der Waals surface area contributed by atoms with Gasteiger partial charge in [-0.2, -0.15) is 0 Å². The number of carbonyl (C=O) groups is 2. The molecule has 7 nitrogen and oxygen atoms in total. The molecule has 3 rings (SSSR count). The fraction of sp³-hybridized carbons (Fsp3) is 0.400. The molecule has 37 heavy (non-hydrogen) atoms. The van der Waals surface area contributed by atoms with Gasteiger partial charge in [0.1, 0.15) is 5.75 Å². The molecule has 4 N–H and O–H groups in total. The van der Waals surface area contributed by atoms with Gasteiger partial charge in [0.15, 0.2) is 0 Å². The van der Waals surface area contributed by atoms with E-state index in [0.717, 1.165) is 56.3 Å². The second-order valence-corrected chi connectivity index (χ2v) is 9.56. The summed E-state index contributed by atoms with van der Waals surface area (Å²) in [5.74, 6) is -0.300. The molecule has 0 bridgehead atoms. The van der Waals surface area contributed by atoms with Crippen LogP contribution in [0.2, 0.25) is 0 Å². The van der Waals surface area contributed by atoms with Crippen LogP contribution in [0.3, 0.4) is 0 Å². The van der Waals surface area contributed by atoms with E-state index in [1.807, 2.05) is 25.1 Å². The second kappa shape index (κ2) is 14.2. The summed E-state index contributed by atoms with van der Waals surface area (Å²) in [5.41, 5.74) is 14.5.